The van der Waals surface area contributed by atoms with Crippen LogP contribution in [0.3, 0.4) is 0 Å². The van der Waals surface area contributed by atoms with Gasteiger partial charge in [-0.2, -0.15) is 0 Å². The van der Waals surface area contributed by atoms with Crippen molar-refractivity contribution in [3.8, 4) is 17.7 Å². The van der Waals surface area contributed by atoms with Crippen molar-refractivity contribution in [3.63, 3.8) is 0 Å². The Hall–Kier alpha value is -1.57. The molecule has 1 unspecified atom stereocenters. The summed E-state index contributed by atoms with van der Waals surface area (Å²) in [6.45, 7) is 1.83. The van der Waals surface area contributed by atoms with E-state index in [9.17, 15) is 0 Å². The summed E-state index contributed by atoms with van der Waals surface area (Å²) in [6.07, 6.45) is 3.32. The molecular formula is C12H17N3O. The van der Waals surface area contributed by atoms with E-state index in [0.717, 1.165) is 18.4 Å². The molecular weight excluding hydrogens is 202 g/mol. The van der Waals surface area contributed by atoms with Gasteiger partial charge in [0.15, 0.2) is 0 Å². The van der Waals surface area contributed by atoms with Gasteiger partial charge in [0.2, 0.25) is 5.88 Å². The van der Waals surface area contributed by atoms with Crippen molar-refractivity contribution < 1.29 is 4.74 Å². The number of pyridine rings is 1. The third-order valence-corrected chi connectivity index (χ3v) is 2.31. The van der Waals surface area contributed by atoms with E-state index in [0.29, 0.717) is 5.88 Å². The molecule has 0 aliphatic carbocycles. The van der Waals surface area contributed by atoms with E-state index in [4.69, 9.17) is 10.6 Å². The van der Waals surface area contributed by atoms with Crippen molar-refractivity contribution in [2.24, 2.45) is 5.84 Å². The summed E-state index contributed by atoms with van der Waals surface area (Å²) in [7, 11) is 1.60. The van der Waals surface area contributed by atoms with Crippen molar-refractivity contribution >= 4 is 0 Å². The van der Waals surface area contributed by atoms with Crippen LogP contribution in [0.5, 0.6) is 5.88 Å². The van der Waals surface area contributed by atoms with Gasteiger partial charge in [-0.3, -0.25) is 11.3 Å². The number of rotatable bonds is 5. The number of aromatic nitrogens is 1. The first-order valence-corrected chi connectivity index (χ1v) is 5.18. The molecule has 86 valence electrons. The second kappa shape index (κ2) is 6.83. The highest BCUT2D eigenvalue weighted by atomic mass is 16.5. The molecule has 1 atom stereocenters. The minimum atomic E-state index is 0.0181. The minimum absolute atomic E-state index is 0.0181. The topological polar surface area (TPSA) is 60.2 Å². The van der Waals surface area contributed by atoms with E-state index in [1.54, 1.807) is 13.3 Å². The molecule has 3 N–H and O–H groups in total. The molecule has 0 aliphatic rings. The molecule has 0 saturated carbocycles. The highest BCUT2D eigenvalue weighted by Gasteiger charge is 2.14. The Bertz CT molecular complexity index is 381. The molecule has 4 heteroatoms. The fourth-order valence-corrected chi connectivity index (χ4v) is 1.51. The van der Waals surface area contributed by atoms with E-state index >= 15 is 0 Å². The quantitative estimate of drug-likeness (QED) is 0.446. The predicted octanol–water partition coefficient (Wildman–Crippen LogP) is 1.40. The predicted molar refractivity (Wildman–Crippen MR) is 63.5 cm³/mol. The second-order valence-electron chi connectivity index (χ2n) is 3.29. The number of hydrogen-bond donors (Lipinski definition) is 2. The van der Waals surface area contributed by atoms with Crippen LogP contribution in [0, 0.1) is 11.8 Å². The number of nitrogens with one attached hydrogen (secondary N) is 1. The van der Waals surface area contributed by atoms with E-state index in [-0.39, 0.29) is 6.04 Å². The maximum absolute atomic E-state index is 5.53. The van der Waals surface area contributed by atoms with Gasteiger partial charge in [0.1, 0.15) is 0 Å². The SMILES string of the molecule is CC#CCCC(NN)c1cccnc1OC. The van der Waals surface area contributed by atoms with Gasteiger partial charge in [-0.05, 0) is 19.4 Å². The van der Waals surface area contributed by atoms with Crippen LogP contribution < -0.4 is 16.0 Å². The molecule has 1 heterocycles. The zero-order valence-electron chi connectivity index (χ0n) is 9.66. The first-order valence-electron chi connectivity index (χ1n) is 5.18. The summed E-state index contributed by atoms with van der Waals surface area (Å²) in [5.41, 5.74) is 3.73. The summed E-state index contributed by atoms with van der Waals surface area (Å²) in [4.78, 5) is 4.14. The van der Waals surface area contributed by atoms with Crippen LogP contribution >= 0.6 is 0 Å². The van der Waals surface area contributed by atoms with Gasteiger partial charge in [0, 0.05) is 18.2 Å². The normalized spacial score (nSPS) is 11.4. The lowest BCUT2D eigenvalue weighted by atomic mass is 10.0. The number of ether oxygens (including phenoxy) is 1. The summed E-state index contributed by atoms with van der Waals surface area (Å²) < 4.78 is 5.19. The van der Waals surface area contributed by atoms with Crippen LogP contribution in [0.1, 0.15) is 31.4 Å². The van der Waals surface area contributed by atoms with E-state index in [2.05, 4.69) is 22.3 Å². The number of hydrazine groups is 1. The molecule has 0 amide bonds. The Morgan fingerprint density at radius 3 is 3.06 bits per heavy atom. The Balaban J connectivity index is 2.79. The standard InChI is InChI=1S/C12H17N3O/c1-3-4-5-8-11(15-13)10-7-6-9-14-12(10)16-2/h6-7,9,11,15H,5,8,13H2,1-2H3. The molecule has 0 aliphatic heterocycles. The lowest BCUT2D eigenvalue weighted by Crippen LogP contribution is -2.28. The van der Waals surface area contributed by atoms with Crippen LogP contribution in [0.15, 0.2) is 18.3 Å². The highest BCUT2D eigenvalue weighted by Crippen LogP contribution is 2.24. The number of methoxy groups -OCH3 is 1. The maximum atomic E-state index is 5.53. The molecule has 1 aromatic heterocycles. The van der Waals surface area contributed by atoms with E-state index < -0.39 is 0 Å². The molecule has 4 nitrogen and oxygen atoms in total. The van der Waals surface area contributed by atoms with Crippen molar-refractivity contribution in [2.45, 2.75) is 25.8 Å². The molecule has 16 heavy (non-hydrogen) atoms. The van der Waals surface area contributed by atoms with Gasteiger partial charge in [0.05, 0.1) is 13.2 Å². The monoisotopic (exact) mass is 219 g/mol. The summed E-state index contributed by atoms with van der Waals surface area (Å²) in [5, 5.41) is 0. The Labute approximate surface area is 96.2 Å². The van der Waals surface area contributed by atoms with Crippen LogP contribution in [0.25, 0.3) is 0 Å². The van der Waals surface area contributed by atoms with E-state index in [1.807, 2.05) is 19.1 Å². The summed E-state index contributed by atoms with van der Waals surface area (Å²) >= 11 is 0. The second-order valence-corrected chi connectivity index (χ2v) is 3.29. The Morgan fingerprint density at radius 1 is 1.62 bits per heavy atom. The smallest absolute Gasteiger partial charge is 0.217 e. The summed E-state index contributed by atoms with van der Waals surface area (Å²) in [6, 6.07) is 3.84. The van der Waals surface area contributed by atoms with E-state index in [1.165, 1.54) is 0 Å². The molecule has 0 aromatic carbocycles. The number of nitrogens with zero attached hydrogens (tertiary/aromatic N) is 1. The van der Waals surface area contributed by atoms with Crippen molar-refractivity contribution in [2.75, 3.05) is 7.11 Å². The minimum Gasteiger partial charge on any atom is -0.481 e. The lowest BCUT2D eigenvalue weighted by molar-refractivity contribution is 0.380. The van der Waals surface area contributed by atoms with Gasteiger partial charge in [-0.1, -0.05) is 6.07 Å². The molecule has 0 bridgehead atoms. The first-order chi connectivity index (χ1) is 7.83. The molecule has 1 rings (SSSR count). The zero-order valence-corrected chi connectivity index (χ0v) is 9.66. The fourth-order valence-electron chi connectivity index (χ4n) is 1.51. The summed E-state index contributed by atoms with van der Waals surface area (Å²) in [5.74, 6) is 12.0. The number of nitrogens with two attached hydrogens (primary N) is 1. The third kappa shape index (κ3) is 3.23. The average Bonchev–Trinajstić information content (AvgIpc) is 2.35. The van der Waals surface area contributed by atoms with Crippen molar-refractivity contribution in [3.05, 3.63) is 23.9 Å². The maximum Gasteiger partial charge on any atom is 0.217 e. The number of hydrogen-bond acceptors (Lipinski definition) is 4. The van der Waals surface area contributed by atoms with Crippen molar-refractivity contribution in [1.82, 2.24) is 10.4 Å². The molecule has 1 aromatic rings. The Kier molecular flexibility index (Phi) is 5.34. The van der Waals surface area contributed by atoms with Gasteiger partial charge < -0.3 is 4.74 Å². The van der Waals surface area contributed by atoms with Crippen LogP contribution in [-0.2, 0) is 0 Å². The average molecular weight is 219 g/mol. The van der Waals surface area contributed by atoms with Gasteiger partial charge in [-0.15, -0.1) is 11.8 Å². The van der Waals surface area contributed by atoms with Gasteiger partial charge in [-0.25, -0.2) is 4.98 Å². The highest BCUT2D eigenvalue weighted by molar-refractivity contribution is 5.28. The Morgan fingerprint density at radius 2 is 2.44 bits per heavy atom. The molecule has 0 spiro atoms. The van der Waals surface area contributed by atoms with Crippen LogP contribution in [0.2, 0.25) is 0 Å². The first kappa shape index (κ1) is 12.5. The molecule has 0 radical (unpaired) electrons. The third-order valence-electron chi connectivity index (χ3n) is 2.31. The molecule has 0 fully saturated rings. The fraction of sp³-hybridized carbons (Fsp3) is 0.417. The largest absolute Gasteiger partial charge is 0.481 e. The molecule has 0 saturated heterocycles. The van der Waals surface area contributed by atoms with Crippen LogP contribution in [-0.4, -0.2) is 12.1 Å². The van der Waals surface area contributed by atoms with Gasteiger partial charge >= 0.3 is 0 Å². The zero-order chi connectivity index (χ0) is 11.8. The van der Waals surface area contributed by atoms with Crippen molar-refractivity contribution in [1.29, 1.82) is 0 Å². The lowest BCUT2D eigenvalue weighted by Gasteiger charge is -2.16. The van der Waals surface area contributed by atoms with Crippen LogP contribution in [0.4, 0.5) is 0 Å². The van der Waals surface area contributed by atoms with Gasteiger partial charge in [0.25, 0.3) is 0 Å².